The monoisotopic (exact) mass is 237 g/mol. The molecule has 0 radical (unpaired) electrons. The summed E-state index contributed by atoms with van der Waals surface area (Å²) in [5, 5.41) is 9.41. The normalized spacial score (nSPS) is 9.62. The van der Waals surface area contributed by atoms with E-state index < -0.39 is 5.97 Å². The number of nitrogens with zero attached hydrogens (tertiary/aromatic N) is 1. The molecule has 0 aliphatic carbocycles. The third-order valence-electron chi connectivity index (χ3n) is 2.18. The Hall–Kier alpha value is -1.53. The molecular weight excluding hydrogens is 226 g/mol. The molecular formula is C12H12ClNO2. The van der Waals surface area contributed by atoms with E-state index in [1.165, 1.54) is 6.07 Å². The van der Waals surface area contributed by atoms with Gasteiger partial charge >= 0.3 is 5.97 Å². The number of rotatable bonds is 3. The van der Waals surface area contributed by atoms with Gasteiger partial charge in [-0.1, -0.05) is 18.5 Å². The summed E-state index contributed by atoms with van der Waals surface area (Å²) in [7, 11) is 0. The molecule has 0 N–H and O–H groups in total. The molecule has 0 unspecified atom stereocenters. The highest BCUT2D eigenvalue weighted by molar-refractivity contribution is 6.31. The van der Waals surface area contributed by atoms with Crippen molar-refractivity contribution < 1.29 is 9.53 Å². The topological polar surface area (TPSA) is 50.1 Å². The molecule has 0 amide bonds. The number of hydrogen-bond donors (Lipinski definition) is 0. The zero-order valence-corrected chi connectivity index (χ0v) is 9.97. The molecule has 0 aliphatic heterocycles. The lowest BCUT2D eigenvalue weighted by Crippen LogP contribution is -2.08. The average molecular weight is 238 g/mol. The summed E-state index contributed by atoms with van der Waals surface area (Å²) in [5.41, 5.74) is 1.37. The fourth-order valence-electron chi connectivity index (χ4n) is 1.36. The first-order valence-corrected chi connectivity index (χ1v) is 5.41. The van der Waals surface area contributed by atoms with E-state index in [1.807, 2.05) is 13.0 Å². The summed E-state index contributed by atoms with van der Waals surface area (Å²) in [5.74, 6) is -0.481. The van der Waals surface area contributed by atoms with E-state index in [-0.39, 0.29) is 17.7 Å². The number of carbonyl (C=O) groups excluding carboxylic acids is 1. The number of ether oxygens (including phenoxy) is 1. The van der Waals surface area contributed by atoms with E-state index in [2.05, 4.69) is 0 Å². The molecule has 84 valence electrons. The second-order valence-corrected chi connectivity index (χ2v) is 3.58. The van der Waals surface area contributed by atoms with Crippen LogP contribution in [0.4, 0.5) is 0 Å². The lowest BCUT2D eigenvalue weighted by molar-refractivity contribution is 0.0526. The molecule has 1 aromatic rings. The number of carbonyl (C=O) groups is 1. The highest BCUT2D eigenvalue weighted by atomic mass is 35.5. The van der Waals surface area contributed by atoms with Gasteiger partial charge in [-0.2, -0.15) is 5.26 Å². The minimum atomic E-state index is -0.481. The molecule has 1 aromatic carbocycles. The minimum Gasteiger partial charge on any atom is -0.462 e. The van der Waals surface area contributed by atoms with Crippen molar-refractivity contribution in [3.05, 3.63) is 33.8 Å². The van der Waals surface area contributed by atoms with Gasteiger partial charge in [0.1, 0.15) is 6.07 Å². The zero-order chi connectivity index (χ0) is 12.1. The van der Waals surface area contributed by atoms with E-state index >= 15 is 0 Å². The summed E-state index contributed by atoms with van der Waals surface area (Å²) in [6.07, 6.45) is 0.705. The van der Waals surface area contributed by atoms with E-state index in [9.17, 15) is 4.79 Å². The second kappa shape index (κ2) is 5.53. The second-order valence-electron chi connectivity index (χ2n) is 3.18. The van der Waals surface area contributed by atoms with Crippen molar-refractivity contribution in [1.29, 1.82) is 5.26 Å². The van der Waals surface area contributed by atoms with Crippen molar-refractivity contribution >= 4 is 17.6 Å². The Morgan fingerprint density at radius 3 is 2.69 bits per heavy atom. The fourth-order valence-corrected chi connectivity index (χ4v) is 1.66. The van der Waals surface area contributed by atoms with E-state index in [0.29, 0.717) is 11.4 Å². The number of halogens is 1. The molecule has 3 nitrogen and oxygen atoms in total. The van der Waals surface area contributed by atoms with Crippen molar-refractivity contribution in [2.75, 3.05) is 6.61 Å². The quantitative estimate of drug-likeness (QED) is 0.760. The van der Waals surface area contributed by atoms with Gasteiger partial charge in [0.05, 0.1) is 17.7 Å². The van der Waals surface area contributed by atoms with Gasteiger partial charge in [0.15, 0.2) is 0 Å². The first-order chi connectivity index (χ1) is 7.63. The zero-order valence-electron chi connectivity index (χ0n) is 9.21. The number of hydrogen-bond acceptors (Lipinski definition) is 3. The molecule has 0 bridgehead atoms. The molecule has 0 saturated carbocycles. The Labute approximate surface area is 99.6 Å². The van der Waals surface area contributed by atoms with E-state index in [0.717, 1.165) is 5.56 Å². The number of nitriles is 1. The van der Waals surface area contributed by atoms with Crippen LogP contribution in [0, 0.1) is 11.3 Å². The van der Waals surface area contributed by atoms with Crippen LogP contribution in [0.5, 0.6) is 0 Å². The fraction of sp³-hybridized carbons (Fsp3) is 0.333. The van der Waals surface area contributed by atoms with Crippen molar-refractivity contribution in [3.8, 4) is 6.07 Å². The van der Waals surface area contributed by atoms with Crippen molar-refractivity contribution in [2.45, 2.75) is 20.3 Å². The first kappa shape index (κ1) is 12.5. The Bertz CT molecular complexity index is 449. The number of esters is 1. The van der Waals surface area contributed by atoms with Crippen LogP contribution in [-0.4, -0.2) is 12.6 Å². The van der Waals surface area contributed by atoms with Crippen molar-refractivity contribution in [2.24, 2.45) is 0 Å². The number of aryl methyl sites for hydroxylation is 1. The van der Waals surface area contributed by atoms with E-state index in [1.54, 1.807) is 13.0 Å². The summed E-state index contributed by atoms with van der Waals surface area (Å²) in [6, 6.07) is 5.07. The van der Waals surface area contributed by atoms with Crippen LogP contribution in [0.25, 0.3) is 0 Å². The Morgan fingerprint density at radius 2 is 2.19 bits per heavy atom. The summed E-state index contributed by atoms with van der Waals surface area (Å²) >= 11 is 5.96. The highest BCUT2D eigenvalue weighted by Crippen LogP contribution is 2.22. The van der Waals surface area contributed by atoms with Gasteiger partial charge < -0.3 is 4.74 Å². The molecule has 0 spiro atoms. The third-order valence-corrected chi connectivity index (χ3v) is 2.54. The van der Waals surface area contributed by atoms with Gasteiger partial charge in [-0.15, -0.1) is 0 Å². The predicted octanol–water partition coefficient (Wildman–Crippen LogP) is 2.95. The van der Waals surface area contributed by atoms with Crippen LogP contribution in [0.2, 0.25) is 5.02 Å². The maximum absolute atomic E-state index is 11.6. The summed E-state index contributed by atoms with van der Waals surface area (Å²) in [4.78, 5) is 11.6. The minimum absolute atomic E-state index is 0.251. The van der Waals surface area contributed by atoms with Gasteiger partial charge in [0, 0.05) is 5.02 Å². The molecule has 0 saturated heterocycles. The maximum Gasteiger partial charge on any atom is 0.339 e. The van der Waals surface area contributed by atoms with Gasteiger partial charge in [-0.25, -0.2) is 4.79 Å². The summed E-state index contributed by atoms with van der Waals surface area (Å²) in [6.45, 7) is 3.94. The largest absolute Gasteiger partial charge is 0.462 e. The molecule has 0 atom stereocenters. The van der Waals surface area contributed by atoms with Crippen LogP contribution in [0.15, 0.2) is 12.1 Å². The van der Waals surface area contributed by atoms with Crippen LogP contribution in [0.1, 0.15) is 35.3 Å². The molecule has 16 heavy (non-hydrogen) atoms. The maximum atomic E-state index is 11.6. The van der Waals surface area contributed by atoms with Crippen molar-refractivity contribution in [1.82, 2.24) is 0 Å². The molecule has 0 fully saturated rings. The van der Waals surface area contributed by atoms with E-state index in [4.69, 9.17) is 21.6 Å². The van der Waals surface area contributed by atoms with Crippen molar-refractivity contribution in [3.63, 3.8) is 0 Å². The summed E-state index contributed by atoms with van der Waals surface area (Å²) < 4.78 is 4.88. The molecule has 0 aliphatic rings. The molecule has 1 rings (SSSR count). The predicted molar refractivity (Wildman–Crippen MR) is 61.5 cm³/mol. The number of benzene rings is 1. The standard InChI is InChI=1S/C12H12ClNO2/c1-3-8-5-10(12(15)16-4-2)9(7-14)6-11(8)13/h5-6H,3-4H2,1-2H3. The van der Waals surface area contributed by atoms with Gasteiger partial charge in [-0.05, 0) is 31.0 Å². The van der Waals surface area contributed by atoms with Crippen LogP contribution < -0.4 is 0 Å². The molecule has 0 heterocycles. The van der Waals surface area contributed by atoms with Gasteiger partial charge in [0.2, 0.25) is 0 Å². The highest BCUT2D eigenvalue weighted by Gasteiger charge is 2.15. The SMILES string of the molecule is CCOC(=O)c1cc(CC)c(Cl)cc1C#N. The molecule has 4 heteroatoms. The van der Waals surface area contributed by atoms with Crippen LogP contribution in [0.3, 0.4) is 0 Å². The van der Waals surface area contributed by atoms with Crippen LogP contribution >= 0.6 is 11.6 Å². The van der Waals surface area contributed by atoms with Gasteiger partial charge in [0.25, 0.3) is 0 Å². The Balaban J connectivity index is 3.26. The lowest BCUT2D eigenvalue weighted by atomic mass is 10.0. The Morgan fingerprint density at radius 1 is 1.50 bits per heavy atom. The molecule has 0 aromatic heterocycles. The third kappa shape index (κ3) is 2.53. The first-order valence-electron chi connectivity index (χ1n) is 5.03. The lowest BCUT2D eigenvalue weighted by Gasteiger charge is -2.07. The average Bonchev–Trinajstić information content (AvgIpc) is 2.28. The Kier molecular flexibility index (Phi) is 4.33. The van der Waals surface area contributed by atoms with Crippen LogP contribution in [-0.2, 0) is 11.2 Å². The smallest absolute Gasteiger partial charge is 0.339 e. The van der Waals surface area contributed by atoms with Gasteiger partial charge in [-0.3, -0.25) is 0 Å².